The van der Waals surface area contributed by atoms with Gasteiger partial charge in [0.1, 0.15) is 11.6 Å². The number of rotatable bonds is 7. The SMILES string of the molecule is CC(C)(C)c1cc(-c2nc(-c3cc(-c4ccccc4)cc(N(c4ccccn4)c4ccccc4-c4ccccc4)c3)c3sc4ccccc4c3n2)c(O)c(C(C)(C)C)c1. The smallest absolute Gasteiger partial charge is 0.164 e. The first kappa shape index (κ1) is 37.9. The molecule has 0 radical (unpaired) electrons. The van der Waals surface area contributed by atoms with E-state index in [-0.39, 0.29) is 16.6 Å². The van der Waals surface area contributed by atoms with Crippen molar-refractivity contribution in [3.05, 3.63) is 175 Å². The normalized spacial score (nSPS) is 12.0. The first-order valence-corrected chi connectivity index (χ1v) is 20.9. The zero-order chi connectivity index (χ0) is 40.9. The number of thiophene rings is 1. The topological polar surface area (TPSA) is 62.1 Å². The van der Waals surface area contributed by atoms with E-state index in [9.17, 15) is 5.11 Å². The molecule has 0 saturated heterocycles. The van der Waals surface area contributed by atoms with E-state index in [1.54, 1.807) is 11.3 Å². The van der Waals surface area contributed by atoms with Crippen LogP contribution < -0.4 is 4.90 Å². The molecule has 0 aliphatic heterocycles. The van der Waals surface area contributed by atoms with Crippen LogP contribution >= 0.6 is 11.3 Å². The largest absolute Gasteiger partial charge is 0.507 e. The predicted octanol–water partition coefficient (Wildman–Crippen LogP) is 14.7. The van der Waals surface area contributed by atoms with Crippen LogP contribution in [0.3, 0.4) is 0 Å². The standard InChI is InChI=1S/C53H46N4OS/c1-52(2,3)38-32-42(49(58)43(33-38)53(4,5)6)51-55-47(50-48(56-51)41-24-14-16-26-45(41)59-50)37-29-36(34-19-9-7-10-20-34)30-39(31-37)57(46-27-17-18-28-54-46)44-25-15-13-23-40(44)35-21-11-8-12-22-35/h7-33,58H,1-6H3. The lowest BCUT2D eigenvalue weighted by Crippen LogP contribution is -2.17. The van der Waals surface area contributed by atoms with Crippen molar-refractivity contribution in [2.75, 3.05) is 4.90 Å². The monoisotopic (exact) mass is 786 g/mol. The number of aromatic hydroxyl groups is 1. The molecule has 0 aliphatic carbocycles. The van der Waals surface area contributed by atoms with Crippen LogP contribution in [-0.2, 0) is 10.8 Å². The minimum absolute atomic E-state index is 0.172. The maximum atomic E-state index is 12.2. The van der Waals surface area contributed by atoms with Crippen molar-refractivity contribution >= 4 is 48.8 Å². The van der Waals surface area contributed by atoms with Crippen molar-refractivity contribution in [2.45, 2.75) is 52.4 Å². The molecular weight excluding hydrogens is 741 g/mol. The highest BCUT2D eigenvalue weighted by Crippen LogP contribution is 2.47. The fraction of sp³-hybridized carbons (Fsp3) is 0.151. The van der Waals surface area contributed by atoms with E-state index >= 15 is 0 Å². The Morgan fingerprint density at radius 1 is 0.559 bits per heavy atom. The van der Waals surface area contributed by atoms with Crippen LogP contribution in [-0.4, -0.2) is 20.1 Å². The highest BCUT2D eigenvalue weighted by molar-refractivity contribution is 7.26. The molecule has 290 valence electrons. The lowest BCUT2D eigenvalue weighted by Gasteiger charge is -2.28. The lowest BCUT2D eigenvalue weighted by atomic mass is 9.79. The van der Waals surface area contributed by atoms with Crippen LogP contribution in [0.2, 0.25) is 0 Å². The third-order valence-electron chi connectivity index (χ3n) is 10.9. The van der Waals surface area contributed by atoms with Crippen LogP contribution in [0.5, 0.6) is 5.75 Å². The summed E-state index contributed by atoms with van der Waals surface area (Å²) in [6, 6.07) is 54.9. The summed E-state index contributed by atoms with van der Waals surface area (Å²) in [5.74, 6) is 1.50. The molecule has 6 aromatic carbocycles. The maximum absolute atomic E-state index is 12.2. The molecule has 0 atom stereocenters. The number of benzene rings is 6. The zero-order valence-electron chi connectivity index (χ0n) is 34.2. The van der Waals surface area contributed by atoms with Crippen molar-refractivity contribution in [1.82, 2.24) is 15.0 Å². The second-order valence-electron chi connectivity index (χ2n) is 17.1. The molecule has 0 bridgehead atoms. The molecule has 0 amide bonds. The maximum Gasteiger partial charge on any atom is 0.164 e. The van der Waals surface area contributed by atoms with Gasteiger partial charge in [-0.1, -0.05) is 151 Å². The molecule has 5 nitrogen and oxygen atoms in total. The summed E-state index contributed by atoms with van der Waals surface area (Å²) in [6.07, 6.45) is 1.84. The fourth-order valence-electron chi connectivity index (χ4n) is 7.80. The van der Waals surface area contributed by atoms with Gasteiger partial charge >= 0.3 is 0 Å². The first-order chi connectivity index (χ1) is 28.4. The van der Waals surface area contributed by atoms with Gasteiger partial charge in [0.25, 0.3) is 0 Å². The predicted molar refractivity (Wildman–Crippen MR) is 248 cm³/mol. The van der Waals surface area contributed by atoms with E-state index in [1.165, 1.54) is 0 Å². The molecular formula is C53H46N4OS. The molecule has 9 rings (SSSR count). The number of pyridine rings is 1. The van der Waals surface area contributed by atoms with Gasteiger partial charge in [-0.2, -0.15) is 0 Å². The Bertz CT molecular complexity index is 2960. The number of hydrogen-bond acceptors (Lipinski definition) is 6. The average Bonchev–Trinajstić information content (AvgIpc) is 3.62. The van der Waals surface area contributed by atoms with Crippen molar-refractivity contribution in [3.8, 4) is 50.6 Å². The van der Waals surface area contributed by atoms with Gasteiger partial charge in [-0.05, 0) is 81.6 Å². The number of hydrogen-bond donors (Lipinski definition) is 1. The van der Waals surface area contributed by atoms with E-state index in [1.807, 2.05) is 30.5 Å². The van der Waals surface area contributed by atoms with Crippen molar-refractivity contribution in [1.29, 1.82) is 0 Å². The van der Waals surface area contributed by atoms with Crippen molar-refractivity contribution in [3.63, 3.8) is 0 Å². The number of para-hydroxylation sites is 1. The summed E-state index contributed by atoms with van der Waals surface area (Å²) in [7, 11) is 0. The highest BCUT2D eigenvalue weighted by Gasteiger charge is 2.28. The number of aromatic nitrogens is 3. The minimum atomic E-state index is -0.313. The summed E-state index contributed by atoms with van der Waals surface area (Å²) in [5.41, 5.74) is 11.0. The van der Waals surface area contributed by atoms with Gasteiger partial charge in [-0.25, -0.2) is 15.0 Å². The summed E-state index contributed by atoms with van der Waals surface area (Å²) in [5, 5.41) is 13.2. The van der Waals surface area contributed by atoms with E-state index in [0.717, 1.165) is 82.1 Å². The Kier molecular flexibility index (Phi) is 9.61. The summed E-state index contributed by atoms with van der Waals surface area (Å²) < 4.78 is 2.12. The molecule has 0 aliphatic rings. The van der Waals surface area contributed by atoms with Gasteiger partial charge in [0, 0.05) is 38.7 Å². The molecule has 0 fully saturated rings. The van der Waals surface area contributed by atoms with Crippen LogP contribution in [0.1, 0.15) is 52.7 Å². The van der Waals surface area contributed by atoms with E-state index < -0.39 is 0 Å². The molecule has 6 heteroatoms. The molecule has 3 aromatic heterocycles. The van der Waals surface area contributed by atoms with E-state index in [2.05, 4.69) is 180 Å². The third kappa shape index (κ3) is 7.26. The van der Waals surface area contributed by atoms with Crippen LogP contribution in [0, 0.1) is 0 Å². The van der Waals surface area contributed by atoms with Gasteiger partial charge in [0.15, 0.2) is 5.82 Å². The van der Waals surface area contributed by atoms with Gasteiger partial charge in [0.05, 0.1) is 27.2 Å². The quantitative estimate of drug-likeness (QED) is 0.174. The van der Waals surface area contributed by atoms with Crippen LogP contribution in [0.15, 0.2) is 164 Å². The Hall–Kier alpha value is -6.63. The van der Waals surface area contributed by atoms with Gasteiger partial charge in [-0.3, -0.25) is 4.90 Å². The Morgan fingerprint density at radius 2 is 1.22 bits per heavy atom. The number of phenols is 1. The molecule has 1 N–H and O–H groups in total. The Morgan fingerprint density at radius 3 is 1.93 bits per heavy atom. The second kappa shape index (κ2) is 14.9. The van der Waals surface area contributed by atoms with E-state index in [4.69, 9.17) is 15.0 Å². The molecule has 0 unspecified atom stereocenters. The number of fused-ring (bicyclic) bond motifs is 3. The van der Waals surface area contributed by atoms with Crippen molar-refractivity contribution in [2.24, 2.45) is 0 Å². The average molecular weight is 787 g/mol. The lowest BCUT2D eigenvalue weighted by molar-refractivity contribution is 0.446. The number of phenolic OH excluding ortho intramolecular Hbond substituents is 1. The molecule has 0 saturated carbocycles. The van der Waals surface area contributed by atoms with Gasteiger partial charge in [0.2, 0.25) is 0 Å². The Labute approximate surface area is 350 Å². The first-order valence-electron chi connectivity index (χ1n) is 20.1. The number of anilines is 3. The van der Waals surface area contributed by atoms with E-state index in [0.29, 0.717) is 11.4 Å². The summed E-state index contributed by atoms with van der Waals surface area (Å²) >= 11 is 1.70. The third-order valence-corrected chi connectivity index (χ3v) is 12.1. The molecule has 59 heavy (non-hydrogen) atoms. The molecule has 3 heterocycles. The zero-order valence-corrected chi connectivity index (χ0v) is 35.0. The fourth-order valence-corrected chi connectivity index (χ4v) is 8.96. The van der Waals surface area contributed by atoms with Gasteiger partial charge in [-0.15, -0.1) is 11.3 Å². The Balaban J connectivity index is 1.37. The molecule has 0 spiro atoms. The minimum Gasteiger partial charge on any atom is -0.507 e. The van der Waals surface area contributed by atoms with Crippen molar-refractivity contribution < 1.29 is 5.11 Å². The number of nitrogens with zero attached hydrogens (tertiary/aromatic N) is 4. The molecule has 9 aromatic rings. The second-order valence-corrected chi connectivity index (χ2v) is 18.2. The summed E-state index contributed by atoms with van der Waals surface area (Å²) in [6.45, 7) is 13.0. The van der Waals surface area contributed by atoms with Crippen LogP contribution in [0.25, 0.3) is 65.2 Å². The van der Waals surface area contributed by atoms with Crippen LogP contribution in [0.4, 0.5) is 17.2 Å². The summed E-state index contributed by atoms with van der Waals surface area (Å²) in [4.78, 5) is 18.0. The highest BCUT2D eigenvalue weighted by atomic mass is 32.1. The van der Waals surface area contributed by atoms with Gasteiger partial charge < -0.3 is 5.11 Å².